The smallest absolute Gasteiger partial charge is 0.409 e. The average Bonchev–Trinajstić information content (AvgIpc) is 3.01. The maximum absolute atomic E-state index is 12.8. The topological polar surface area (TPSA) is 228 Å². The number of rotatable bonds is 17. The number of nitrogens with two attached hydrogens (primary N) is 2. The Labute approximate surface area is 291 Å². The zero-order chi connectivity index (χ0) is 37.9. The molecule has 0 bridgehead atoms. The number of carbonyl (C=O) groups excluding carboxylic acids is 6. The van der Waals surface area contributed by atoms with Crippen molar-refractivity contribution in [3.8, 4) is 0 Å². The molecule has 0 heterocycles. The second-order valence-corrected chi connectivity index (χ2v) is 13.0. The van der Waals surface area contributed by atoms with Gasteiger partial charge in [-0.25, -0.2) is 9.59 Å². The van der Waals surface area contributed by atoms with Crippen molar-refractivity contribution >= 4 is 49.2 Å². The number of hydrogen-bond acceptors (Lipinski definition) is 9. The lowest BCUT2D eigenvalue weighted by Crippen LogP contribution is -2.56. The highest BCUT2D eigenvalue weighted by Gasteiger charge is 2.34. The Morgan fingerprint density at radius 2 is 1.51 bits per heavy atom. The lowest BCUT2D eigenvalue weighted by atomic mass is 10.0. The summed E-state index contributed by atoms with van der Waals surface area (Å²) in [4.78, 5) is 73.8. The van der Waals surface area contributed by atoms with E-state index in [1.165, 1.54) is 16.8 Å². The van der Waals surface area contributed by atoms with Gasteiger partial charge < -0.3 is 52.0 Å². The predicted octanol–water partition coefficient (Wildman–Crippen LogP) is 1.27. The molecule has 0 aliphatic heterocycles. The fourth-order valence-corrected chi connectivity index (χ4v) is 3.45. The molecule has 274 valence electrons. The van der Waals surface area contributed by atoms with Gasteiger partial charge in [-0.05, 0) is 57.7 Å². The van der Waals surface area contributed by atoms with Gasteiger partial charge in [-0.3, -0.25) is 19.2 Å². The summed E-state index contributed by atoms with van der Waals surface area (Å²) in [7, 11) is 8.24. The number of nitrogens with one attached hydrogen (secondary N) is 4. The van der Waals surface area contributed by atoms with Crippen molar-refractivity contribution in [2.24, 2.45) is 17.4 Å². The average molecular weight is 691 g/mol. The van der Waals surface area contributed by atoms with Crippen LogP contribution in [-0.4, -0.2) is 117 Å². The summed E-state index contributed by atoms with van der Waals surface area (Å²) < 4.78 is 10.9. The standard InChI is InChI=1S/C28H45BN6O7.C4H10N2O/c1-18(2)22(33-24(38)28(5,6)42-17-27(3,4)30)23(37)31-15-21(36)32-20-11-9-19(10-12-20)16-41-26(40)35(8)14-13-34(7)25(29)39;1-2-3-6-4(5)7/h9-12,18,22H,13-17,30H2,1-8H3,(H,31,37)(H,32,36)(H,33,38);2-3H2,1H3,(H3,5,6,7). The Morgan fingerprint density at radius 1 is 0.939 bits per heavy atom. The fourth-order valence-electron chi connectivity index (χ4n) is 3.45. The van der Waals surface area contributed by atoms with Crippen LogP contribution in [0.1, 0.15) is 60.5 Å². The number of carbonyl (C=O) groups is 6. The van der Waals surface area contributed by atoms with Crippen molar-refractivity contribution in [1.82, 2.24) is 25.8 Å². The highest BCUT2D eigenvalue weighted by atomic mass is 16.6. The van der Waals surface area contributed by atoms with Crippen LogP contribution in [0.15, 0.2) is 24.3 Å². The van der Waals surface area contributed by atoms with Crippen LogP contribution in [0.2, 0.25) is 0 Å². The summed E-state index contributed by atoms with van der Waals surface area (Å²) in [5.74, 6) is -2.29. The predicted molar refractivity (Wildman–Crippen MR) is 188 cm³/mol. The summed E-state index contributed by atoms with van der Waals surface area (Å²) in [6.07, 6.45) is 0.371. The molecule has 0 fully saturated rings. The Kier molecular flexibility index (Phi) is 19.6. The first-order valence-corrected chi connectivity index (χ1v) is 15.9. The zero-order valence-electron chi connectivity index (χ0n) is 30.3. The largest absolute Gasteiger partial charge is 0.445 e. The third-order valence-corrected chi connectivity index (χ3v) is 6.62. The lowest BCUT2D eigenvalue weighted by molar-refractivity contribution is -0.147. The highest BCUT2D eigenvalue weighted by molar-refractivity contribution is 6.56. The molecular weight excluding hydrogens is 635 g/mol. The van der Waals surface area contributed by atoms with Gasteiger partial charge in [-0.15, -0.1) is 0 Å². The van der Waals surface area contributed by atoms with Gasteiger partial charge in [0.1, 0.15) is 18.2 Å². The molecule has 1 aromatic carbocycles. The lowest BCUT2D eigenvalue weighted by Gasteiger charge is -2.31. The Balaban J connectivity index is 0.00000295. The maximum Gasteiger partial charge on any atom is 0.409 e. The number of nitrogens with zero attached hydrogens (tertiary/aromatic N) is 2. The van der Waals surface area contributed by atoms with Crippen LogP contribution in [0.5, 0.6) is 0 Å². The minimum absolute atomic E-state index is 0.00720. The van der Waals surface area contributed by atoms with Gasteiger partial charge in [-0.2, -0.15) is 0 Å². The summed E-state index contributed by atoms with van der Waals surface area (Å²) in [5, 5.41) is 10.4. The van der Waals surface area contributed by atoms with Gasteiger partial charge in [0.25, 0.3) is 5.91 Å². The molecule has 2 radical (unpaired) electrons. The molecule has 1 atom stereocenters. The van der Waals surface area contributed by atoms with Crippen LogP contribution in [0.4, 0.5) is 20.1 Å². The molecule has 0 aromatic heterocycles. The highest BCUT2D eigenvalue weighted by Crippen LogP contribution is 2.15. The minimum atomic E-state index is -1.22. The molecule has 8 N–H and O–H groups in total. The molecule has 1 aromatic rings. The fraction of sp³-hybridized carbons (Fsp3) is 0.625. The van der Waals surface area contributed by atoms with E-state index in [-0.39, 0.29) is 38.8 Å². The van der Waals surface area contributed by atoms with Crippen molar-refractivity contribution in [3.63, 3.8) is 0 Å². The van der Waals surface area contributed by atoms with Crippen molar-refractivity contribution in [2.75, 3.05) is 52.2 Å². The first-order chi connectivity index (χ1) is 22.6. The molecule has 49 heavy (non-hydrogen) atoms. The van der Waals surface area contributed by atoms with Crippen molar-refractivity contribution < 1.29 is 38.2 Å². The number of benzene rings is 1. The van der Waals surface area contributed by atoms with E-state index in [1.807, 2.05) is 6.92 Å². The first-order valence-electron chi connectivity index (χ1n) is 15.9. The zero-order valence-corrected chi connectivity index (χ0v) is 30.3. The van der Waals surface area contributed by atoms with Gasteiger partial charge in [0.2, 0.25) is 19.7 Å². The van der Waals surface area contributed by atoms with Crippen LogP contribution in [-0.2, 0) is 30.5 Å². The minimum Gasteiger partial charge on any atom is -0.445 e. The molecule has 7 amide bonds. The molecule has 16 nitrogen and oxygen atoms in total. The maximum atomic E-state index is 12.8. The van der Waals surface area contributed by atoms with E-state index in [9.17, 15) is 28.8 Å². The molecular formula is C32H55BN8O8. The van der Waals surface area contributed by atoms with E-state index in [0.717, 1.165) is 6.42 Å². The van der Waals surface area contributed by atoms with Crippen LogP contribution in [0.25, 0.3) is 0 Å². The van der Waals surface area contributed by atoms with Gasteiger partial charge in [0.05, 0.1) is 13.2 Å². The van der Waals surface area contributed by atoms with E-state index in [0.29, 0.717) is 17.8 Å². The van der Waals surface area contributed by atoms with Gasteiger partial charge in [-0.1, -0.05) is 32.9 Å². The van der Waals surface area contributed by atoms with Gasteiger partial charge in [0.15, 0.2) is 5.81 Å². The number of urea groups is 1. The number of ether oxygens (including phenoxy) is 2. The molecule has 17 heteroatoms. The summed E-state index contributed by atoms with van der Waals surface area (Å²) in [5.41, 5.74) is 9.99. The van der Waals surface area contributed by atoms with E-state index in [2.05, 4.69) is 21.3 Å². The normalized spacial score (nSPS) is 11.7. The van der Waals surface area contributed by atoms with E-state index >= 15 is 0 Å². The van der Waals surface area contributed by atoms with E-state index in [4.69, 9.17) is 28.8 Å². The van der Waals surface area contributed by atoms with Gasteiger partial charge >= 0.3 is 12.1 Å². The summed E-state index contributed by atoms with van der Waals surface area (Å²) in [6, 6.07) is 5.31. The second kappa shape index (κ2) is 21.6. The Morgan fingerprint density at radius 3 is 1.98 bits per heavy atom. The third-order valence-electron chi connectivity index (χ3n) is 6.62. The number of amides is 7. The number of primary amides is 1. The third kappa shape index (κ3) is 19.9. The molecule has 0 spiro atoms. The van der Waals surface area contributed by atoms with Crippen molar-refractivity contribution in [3.05, 3.63) is 29.8 Å². The van der Waals surface area contributed by atoms with Crippen LogP contribution in [0, 0.1) is 5.92 Å². The van der Waals surface area contributed by atoms with Crippen molar-refractivity contribution in [1.29, 1.82) is 0 Å². The Hall–Kier alpha value is -4.38. The molecule has 1 rings (SSSR count). The number of likely N-dealkylation sites (N-methyl/N-ethyl adjacent to an activating group) is 2. The number of anilines is 1. The van der Waals surface area contributed by atoms with E-state index in [1.54, 1.807) is 72.9 Å². The monoisotopic (exact) mass is 690 g/mol. The molecule has 0 aliphatic carbocycles. The Bertz CT molecular complexity index is 1240. The molecule has 0 saturated heterocycles. The van der Waals surface area contributed by atoms with E-state index < -0.39 is 52.8 Å². The number of hydrogen-bond donors (Lipinski definition) is 6. The molecule has 1 unspecified atom stereocenters. The van der Waals surface area contributed by atoms with Crippen LogP contribution < -0.4 is 32.7 Å². The molecule has 0 saturated carbocycles. The first kappa shape index (κ1) is 44.6. The van der Waals surface area contributed by atoms with Crippen LogP contribution in [0.3, 0.4) is 0 Å². The summed E-state index contributed by atoms with van der Waals surface area (Å²) >= 11 is 0. The molecule has 0 aliphatic rings. The van der Waals surface area contributed by atoms with Gasteiger partial charge in [0, 0.05) is 45.0 Å². The SMILES string of the molecule is CCCNC(N)=O.[B]C(=O)N(C)CCN(C)C(=O)OCc1ccc(NC(=O)CNC(=O)C(NC(=O)C(C)(C)OCC(C)(C)N)C(C)C)cc1. The van der Waals surface area contributed by atoms with Crippen LogP contribution >= 0.6 is 0 Å². The summed E-state index contributed by atoms with van der Waals surface area (Å²) in [6.45, 7) is 13.3. The second-order valence-electron chi connectivity index (χ2n) is 13.0. The quantitative estimate of drug-likeness (QED) is 0.129. The van der Waals surface area contributed by atoms with Crippen molar-refractivity contribution in [2.45, 2.75) is 78.7 Å².